The van der Waals surface area contributed by atoms with Crippen LogP contribution in [0.25, 0.3) is 11.1 Å². The molecule has 3 aliphatic carbocycles. The average molecular weight is 607 g/mol. The number of carbonyl (C=O) groups excluding carboxylic acids is 2. The molecule has 9 heteroatoms. The van der Waals surface area contributed by atoms with E-state index in [0.29, 0.717) is 54.4 Å². The molecule has 2 saturated carbocycles. The van der Waals surface area contributed by atoms with Crippen LogP contribution >= 0.6 is 0 Å². The number of fused-ring (bicyclic) bond motifs is 5. The van der Waals surface area contributed by atoms with Gasteiger partial charge in [0, 0.05) is 24.4 Å². The van der Waals surface area contributed by atoms with Crippen LogP contribution in [0.5, 0.6) is 23.0 Å². The molecule has 0 unspecified atom stereocenters. The summed E-state index contributed by atoms with van der Waals surface area (Å²) in [7, 11) is 6.15. The fourth-order valence-electron chi connectivity index (χ4n) is 7.98. The molecular formula is C35H46N2O7. The van der Waals surface area contributed by atoms with Crippen molar-refractivity contribution in [3.8, 4) is 34.1 Å². The van der Waals surface area contributed by atoms with Crippen molar-refractivity contribution in [2.45, 2.75) is 84.2 Å². The van der Waals surface area contributed by atoms with Gasteiger partial charge in [-0.1, -0.05) is 26.8 Å². The van der Waals surface area contributed by atoms with E-state index in [-0.39, 0.29) is 46.3 Å². The second-order valence-electron chi connectivity index (χ2n) is 13.2. The van der Waals surface area contributed by atoms with Gasteiger partial charge in [-0.25, -0.2) is 0 Å². The number of rotatable bonds is 10. The number of carbonyl (C=O) groups is 2. The van der Waals surface area contributed by atoms with Gasteiger partial charge in [0.2, 0.25) is 23.0 Å². The van der Waals surface area contributed by atoms with Crippen LogP contribution in [-0.2, 0) is 16.0 Å². The van der Waals surface area contributed by atoms with Crippen molar-refractivity contribution in [3.63, 3.8) is 0 Å². The van der Waals surface area contributed by atoms with Crippen molar-refractivity contribution >= 4 is 11.8 Å². The van der Waals surface area contributed by atoms with Gasteiger partial charge in [-0.15, -0.1) is 0 Å². The number of aryl methyl sites for hydroxylation is 1. The summed E-state index contributed by atoms with van der Waals surface area (Å²) in [6, 6.07) is 6.67. The highest BCUT2D eigenvalue weighted by molar-refractivity contribution is 5.84. The third-order valence-electron chi connectivity index (χ3n) is 11.0. The van der Waals surface area contributed by atoms with Crippen LogP contribution in [-0.4, -0.2) is 46.3 Å². The first kappa shape index (κ1) is 31.7. The number of nitrogens with one attached hydrogen (secondary N) is 2. The van der Waals surface area contributed by atoms with E-state index < -0.39 is 6.04 Å². The number of hydrogen-bond donors (Lipinski definition) is 2. The van der Waals surface area contributed by atoms with Gasteiger partial charge in [0.1, 0.15) is 0 Å². The first-order valence-corrected chi connectivity index (χ1v) is 15.6. The first-order valence-electron chi connectivity index (χ1n) is 15.6. The van der Waals surface area contributed by atoms with Gasteiger partial charge in [0.05, 0.1) is 34.5 Å². The maximum atomic E-state index is 13.3. The zero-order valence-corrected chi connectivity index (χ0v) is 27.1. The number of ether oxygens (including phenoxy) is 4. The van der Waals surface area contributed by atoms with Gasteiger partial charge < -0.3 is 29.6 Å². The minimum atomic E-state index is -0.443. The van der Waals surface area contributed by atoms with E-state index in [1.807, 2.05) is 12.1 Å². The van der Waals surface area contributed by atoms with Crippen LogP contribution in [0.15, 0.2) is 29.1 Å². The molecule has 0 radical (unpaired) electrons. The normalized spacial score (nSPS) is 24.4. The second kappa shape index (κ2) is 12.3. The summed E-state index contributed by atoms with van der Waals surface area (Å²) in [6.45, 7) is 6.98. The Hall–Kier alpha value is -3.75. The van der Waals surface area contributed by atoms with Crippen molar-refractivity contribution in [3.05, 3.63) is 45.6 Å². The summed E-state index contributed by atoms with van der Waals surface area (Å²) in [6.07, 6.45) is 5.51. The number of benzene rings is 1. The van der Waals surface area contributed by atoms with Crippen LogP contribution < -0.4 is 35.0 Å². The van der Waals surface area contributed by atoms with E-state index in [0.717, 1.165) is 29.5 Å². The molecule has 9 nitrogen and oxygen atoms in total. The highest BCUT2D eigenvalue weighted by Gasteiger charge is 2.61. The summed E-state index contributed by atoms with van der Waals surface area (Å²) in [5.74, 6) is 2.17. The first-order chi connectivity index (χ1) is 21.0. The summed E-state index contributed by atoms with van der Waals surface area (Å²) in [5.41, 5.74) is 3.19. The molecule has 238 valence electrons. The van der Waals surface area contributed by atoms with Gasteiger partial charge in [-0.05, 0) is 90.2 Å². The minimum absolute atomic E-state index is 0.00717. The standard InChI is InChI=1S/C35H46N2O7/c1-34(2)21-15-16-35(34,3)28(18-21)37-30(40)10-8-9-29(39)36-24-13-11-20-17-27(42-5)32(43-6)33(44-7)31(20)22-12-14-26(41-4)25(38)19-23(22)24/h12,14,17,19,21,24,28H,8-11,13,15-16,18H2,1-7H3,(H,36,39)(H,37,40)/t21-,24+,28-,35+/m1/s1. The predicted octanol–water partition coefficient (Wildman–Crippen LogP) is 5.35. The Morgan fingerprint density at radius 1 is 0.864 bits per heavy atom. The molecule has 2 amide bonds. The molecule has 2 N–H and O–H groups in total. The quantitative estimate of drug-likeness (QED) is 0.375. The van der Waals surface area contributed by atoms with Crippen LogP contribution in [0.1, 0.15) is 82.9 Å². The lowest BCUT2D eigenvalue weighted by atomic mass is 9.69. The van der Waals surface area contributed by atoms with E-state index in [9.17, 15) is 14.4 Å². The summed E-state index contributed by atoms with van der Waals surface area (Å²) in [5, 5.41) is 6.45. The van der Waals surface area contributed by atoms with Crippen LogP contribution in [0.4, 0.5) is 0 Å². The van der Waals surface area contributed by atoms with Gasteiger partial charge in [0.15, 0.2) is 17.2 Å². The highest BCUT2D eigenvalue weighted by atomic mass is 16.5. The zero-order chi connectivity index (χ0) is 31.8. The fourth-order valence-corrected chi connectivity index (χ4v) is 7.98. The smallest absolute Gasteiger partial charge is 0.220 e. The van der Waals surface area contributed by atoms with E-state index in [4.69, 9.17) is 18.9 Å². The van der Waals surface area contributed by atoms with Gasteiger partial charge in [-0.3, -0.25) is 14.4 Å². The molecule has 2 bridgehead atoms. The molecular weight excluding hydrogens is 560 g/mol. The van der Waals surface area contributed by atoms with Crippen molar-refractivity contribution in [2.75, 3.05) is 28.4 Å². The summed E-state index contributed by atoms with van der Waals surface area (Å²) in [4.78, 5) is 39.3. The highest BCUT2D eigenvalue weighted by Crippen LogP contribution is 2.65. The third kappa shape index (κ3) is 5.39. The Balaban J connectivity index is 1.33. The number of methoxy groups -OCH3 is 4. The molecule has 0 aliphatic heterocycles. The number of amides is 2. The zero-order valence-electron chi connectivity index (χ0n) is 27.1. The van der Waals surface area contributed by atoms with Crippen molar-refractivity contribution in [1.82, 2.24) is 10.6 Å². The predicted molar refractivity (Wildman–Crippen MR) is 169 cm³/mol. The largest absolute Gasteiger partial charge is 0.493 e. The fraction of sp³-hybridized carbons (Fsp3) is 0.571. The monoisotopic (exact) mass is 606 g/mol. The Kier molecular flexibility index (Phi) is 8.87. The summed E-state index contributed by atoms with van der Waals surface area (Å²) < 4.78 is 22.4. The van der Waals surface area contributed by atoms with Gasteiger partial charge >= 0.3 is 0 Å². The Labute approximate surface area is 260 Å². The topological polar surface area (TPSA) is 112 Å². The Morgan fingerprint density at radius 2 is 1.55 bits per heavy atom. The SMILES string of the molecule is COc1cc2c(c(OC)c1OC)-c1ccc(OC)c(=O)cc1[C@@H](NC(=O)CCCC(=O)N[C@@H]1C[C@H]3CC[C@]1(C)C3(C)C)CC2. The molecule has 5 rings (SSSR count). The minimum Gasteiger partial charge on any atom is -0.493 e. The van der Waals surface area contributed by atoms with E-state index >= 15 is 0 Å². The molecule has 0 heterocycles. The third-order valence-corrected chi connectivity index (χ3v) is 11.0. The lowest BCUT2D eigenvalue weighted by Gasteiger charge is -2.39. The molecule has 0 spiro atoms. The molecule has 44 heavy (non-hydrogen) atoms. The Bertz CT molecular complexity index is 1500. The molecule has 2 aromatic rings. The lowest BCUT2D eigenvalue weighted by Crippen LogP contribution is -2.46. The molecule has 3 aliphatic rings. The van der Waals surface area contributed by atoms with Crippen LogP contribution in [0.3, 0.4) is 0 Å². The molecule has 0 saturated heterocycles. The van der Waals surface area contributed by atoms with E-state index in [2.05, 4.69) is 31.4 Å². The van der Waals surface area contributed by atoms with E-state index in [1.54, 1.807) is 27.4 Å². The molecule has 0 aromatic heterocycles. The Morgan fingerprint density at radius 3 is 2.14 bits per heavy atom. The molecule has 4 atom stereocenters. The van der Waals surface area contributed by atoms with Crippen LogP contribution in [0, 0.1) is 16.7 Å². The maximum Gasteiger partial charge on any atom is 0.220 e. The average Bonchev–Trinajstić information content (AvgIpc) is 3.17. The summed E-state index contributed by atoms with van der Waals surface area (Å²) >= 11 is 0. The van der Waals surface area contributed by atoms with Crippen molar-refractivity contribution < 1.29 is 28.5 Å². The van der Waals surface area contributed by atoms with E-state index in [1.165, 1.54) is 19.6 Å². The molecule has 2 aromatic carbocycles. The lowest BCUT2D eigenvalue weighted by molar-refractivity contribution is -0.123. The van der Waals surface area contributed by atoms with Crippen LogP contribution in [0.2, 0.25) is 0 Å². The van der Waals surface area contributed by atoms with Crippen molar-refractivity contribution in [1.29, 1.82) is 0 Å². The molecule has 2 fully saturated rings. The maximum absolute atomic E-state index is 13.3. The number of hydrogen-bond acceptors (Lipinski definition) is 7. The van der Waals surface area contributed by atoms with Crippen molar-refractivity contribution in [2.24, 2.45) is 16.7 Å². The van der Waals surface area contributed by atoms with Gasteiger partial charge in [0.25, 0.3) is 0 Å². The second-order valence-corrected chi connectivity index (χ2v) is 13.2. The van der Waals surface area contributed by atoms with Gasteiger partial charge in [-0.2, -0.15) is 0 Å².